The Kier molecular flexibility index (Phi) is 28.1. The van der Waals surface area contributed by atoms with Gasteiger partial charge in [0, 0.05) is 62.3 Å². The third-order valence-electron chi connectivity index (χ3n) is 13.2. The summed E-state index contributed by atoms with van der Waals surface area (Å²) >= 11 is 2.58. The van der Waals surface area contributed by atoms with E-state index < -0.39 is 139 Å². The average Bonchev–Trinajstić information content (AvgIpc) is 3.50. The maximum atomic E-state index is 14.8. The normalized spacial score (nSPS) is 20.1. The van der Waals surface area contributed by atoms with Crippen LogP contribution in [-0.2, 0) is 55.5 Å². The lowest BCUT2D eigenvalue weighted by atomic mass is 9.96. The van der Waals surface area contributed by atoms with Crippen LogP contribution >= 0.6 is 22.7 Å². The number of anilines is 1. The van der Waals surface area contributed by atoms with Gasteiger partial charge in [-0.3, -0.25) is 33.6 Å². The third kappa shape index (κ3) is 19.4. The molecule has 31 nitrogen and oxygen atoms in total. The predicted molar refractivity (Wildman–Crippen MR) is 302 cm³/mol. The molecular weight excluding hydrogens is 1280 g/mol. The van der Waals surface area contributed by atoms with Crippen LogP contribution in [0.15, 0.2) is 23.3 Å². The Morgan fingerprint density at radius 2 is 1.61 bits per heavy atom. The number of aliphatic hydroxyl groups is 5. The Morgan fingerprint density at radius 1 is 0.893 bits per heavy atom. The first kappa shape index (κ1) is 70.8. The summed E-state index contributed by atoms with van der Waals surface area (Å²) < 4.78 is 17.5. The Balaban J connectivity index is 0.0000151. The molecule has 1 fully saturated rings. The van der Waals surface area contributed by atoms with Crippen LogP contribution in [0.5, 0.6) is 0 Å². The van der Waals surface area contributed by atoms with Gasteiger partial charge < -0.3 is 124 Å². The second-order valence-electron chi connectivity index (χ2n) is 19.8. The highest BCUT2D eigenvalue weighted by Crippen LogP contribution is 2.31. The van der Waals surface area contributed by atoms with Crippen molar-refractivity contribution in [3.63, 3.8) is 0 Å². The fourth-order valence-corrected chi connectivity index (χ4v) is 10.6. The molecule has 5 heterocycles. The van der Waals surface area contributed by atoms with Crippen LogP contribution in [0.1, 0.15) is 88.8 Å². The lowest BCUT2D eigenvalue weighted by Crippen LogP contribution is -3.00. The van der Waals surface area contributed by atoms with Crippen molar-refractivity contribution < 1.29 is 97.3 Å². The number of hydrogen-bond donors (Lipinski definition) is 16. The average molecular weight is 1350 g/mol. The number of nitrogens with zero attached hydrogens (tertiary/aromatic N) is 5. The Hall–Kier alpha value is -5.68. The molecule has 0 aromatic carbocycles. The van der Waals surface area contributed by atoms with E-state index in [2.05, 4.69) is 74.3 Å². The van der Waals surface area contributed by atoms with Crippen molar-refractivity contribution in [1.82, 2.24) is 61.8 Å². The number of nitrogens with one attached hydrogen (secondary N) is 7. The molecule has 1 aliphatic rings. The zero-order chi connectivity index (χ0) is 61.4. The van der Waals surface area contributed by atoms with Gasteiger partial charge in [0.15, 0.2) is 6.29 Å². The molecule has 0 radical (unpaired) electrons. The summed E-state index contributed by atoms with van der Waals surface area (Å²) in [5, 5.41) is 74.6. The molecule has 1 aliphatic heterocycles. The molecular formula is C49H75IN16O15S3. The zero-order valence-electron chi connectivity index (χ0n) is 47.0. The van der Waals surface area contributed by atoms with Crippen molar-refractivity contribution in [1.29, 1.82) is 0 Å². The van der Waals surface area contributed by atoms with Crippen molar-refractivity contribution in [2.75, 3.05) is 57.3 Å². The minimum Gasteiger partial charge on any atom is -1.00 e. The van der Waals surface area contributed by atoms with Gasteiger partial charge in [0.05, 0.1) is 78.6 Å². The summed E-state index contributed by atoms with van der Waals surface area (Å²) in [5.41, 5.74) is 23.2. The SMILES string of the molecule is CO[C@@H]1[C@H](O[C@@H](c2cnc[nH]2)[C@H](NC(=O)c2nc([C@H](CC(N)=O)NC[C@H](N)C(N)=O)nc(N)c2C)C(=O)N[C@H](C)[C@@H](O)[C@H](C)C(=O)N[C@H](C(=O)NCCc2nc(-c3nc(C(=O)NCCC[S+](C)C)cs3)cs2)[C@@H](C)O)O[C@@H](CO)[C@@H](O)[C@@H]1O.[I-]. The highest BCUT2D eigenvalue weighted by molar-refractivity contribution is 7.95. The van der Waals surface area contributed by atoms with E-state index in [1.165, 1.54) is 62.9 Å². The quantitative estimate of drug-likeness (QED) is 0.0123. The first-order valence-electron chi connectivity index (χ1n) is 26.0. The number of halogens is 1. The van der Waals surface area contributed by atoms with E-state index in [4.69, 9.17) is 37.1 Å². The highest BCUT2D eigenvalue weighted by Gasteiger charge is 2.48. The minimum absolute atomic E-state index is 0. The number of aromatic nitrogens is 6. The molecule has 0 bridgehead atoms. The van der Waals surface area contributed by atoms with Crippen molar-refractivity contribution in [2.45, 2.75) is 126 Å². The fourth-order valence-electron chi connectivity index (χ4n) is 8.31. The molecule has 14 atom stereocenters. The molecule has 466 valence electrons. The number of nitrogens with two attached hydrogens (primary N) is 4. The Bertz CT molecular complexity index is 2840. The van der Waals surface area contributed by atoms with Crippen LogP contribution in [0.2, 0.25) is 0 Å². The Labute approximate surface area is 511 Å². The minimum atomic E-state index is -1.94. The summed E-state index contributed by atoms with van der Waals surface area (Å²) in [6.07, 6.45) is -5.52. The molecule has 4 aromatic heterocycles. The van der Waals surface area contributed by atoms with Crippen LogP contribution in [0, 0.1) is 12.8 Å². The number of ether oxygens (including phenoxy) is 3. The topological polar surface area (TPSA) is 505 Å². The van der Waals surface area contributed by atoms with Gasteiger partial charge in [-0.25, -0.2) is 24.9 Å². The lowest BCUT2D eigenvalue weighted by molar-refractivity contribution is -0.318. The molecule has 7 amide bonds. The molecule has 0 unspecified atom stereocenters. The maximum absolute atomic E-state index is 14.8. The van der Waals surface area contributed by atoms with Gasteiger partial charge in [-0.15, -0.1) is 22.7 Å². The molecule has 20 N–H and O–H groups in total. The van der Waals surface area contributed by atoms with E-state index in [1.54, 1.807) is 10.8 Å². The van der Waals surface area contributed by atoms with E-state index in [0.29, 0.717) is 22.3 Å². The number of aromatic amines is 1. The molecule has 4 aromatic rings. The molecule has 0 spiro atoms. The number of thiazole rings is 2. The van der Waals surface area contributed by atoms with E-state index in [1.807, 2.05) is 0 Å². The van der Waals surface area contributed by atoms with Crippen LogP contribution in [0.25, 0.3) is 10.7 Å². The smallest absolute Gasteiger partial charge is 0.271 e. The van der Waals surface area contributed by atoms with E-state index in [-0.39, 0.29) is 88.9 Å². The second kappa shape index (κ2) is 33.3. The first-order valence-corrected chi connectivity index (χ1v) is 30.0. The third-order valence-corrected chi connectivity index (χ3v) is 16.1. The van der Waals surface area contributed by atoms with Crippen LogP contribution in [-0.4, -0.2) is 215 Å². The van der Waals surface area contributed by atoms with Crippen LogP contribution in [0.3, 0.4) is 0 Å². The molecule has 0 saturated carbocycles. The van der Waals surface area contributed by atoms with Gasteiger partial charge in [-0.1, -0.05) is 6.92 Å². The van der Waals surface area contributed by atoms with E-state index in [0.717, 1.165) is 19.3 Å². The number of nitrogen functional groups attached to an aromatic ring is 1. The number of methoxy groups -OCH3 is 1. The summed E-state index contributed by atoms with van der Waals surface area (Å²) in [4.78, 5) is 118. The molecule has 35 heteroatoms. The summed E-state index contributed by atoms with van der Waals surface area (Å²) in [6, 6.07) is -7.22. The van der Waals surface area contributed by atoms with E-state index in [9.17, 15) is 59.1 Å². The lowest BCUT2D eigenvalue weighted by Gasteiger charge is -2.43. The van der Waals surface area contributed by atoms with Crippen molar-refractivity contribution in [3.8, 4) is 10.7 Å². The van der Waals surface area contributed by atoms with Crippen molar-refractivity contribution >= 4 is 80.7 Å². The van der Waals surface area contributed by atoms with Crippen LogP contribution < -0.4 is 78.8 Å². The van der Waals surface area contributed by atoms with Crippen molar-refractivity contribution in [2.24, 2.45) is 23.1 Å². The Morgan fingerprint density at radius 3 is 2.23 bits per heavy atom. The zero-order valence-corrected chi connectivity index (χ0v) is 51.6. The molecule has 0 aliphatic carbocycles. The van der Waals surface area contributed by atoms with Gasteiger partial charge in [-0.2, -0.15) is 0 Å². The molecule has 5 rings (SSSR count). The highest BCUT2D eigenvalue weighted by atomic mass is 127. The summed E-state index contributed by atoms with van der Waals surface area (Å²) in [5.74, 6) is -6.81. The van der Waals surface area contributed by atoms with Gasteiger partial charge in [0.1, 0.15) is 82.1 Å². The second-order valence-corrected chi connectivity index (χ2v) is 24.0. The van der Waals surface area contributed by atoms with Gasteiger partial charge in [-0.05, 0) is 31.7 Å². The van der Waals surface area contributed by atoms with Crippen molar-refractivity contribution in [3.05, 3.63) is 56.8 Å². The number of carbonyl (C=O) groups excluding carboxylic acids is 7. The largest absolute Gasteiger partial charge is 1.00 e. The predicted octanol–water partition coefficient (Wildman–Crippen LogP) is -7.97. The molecule has 84 heavy (non-hydrogen) atoms. The number of rotatable bonds is 32. The number of primary amides is 2. The number of amides is 7. The number of carbonyl (C=O) groups is 7. The number of hydrogen-bond acceptors (Lipinski definition) is 25. The van der Waals surface area contributed by atoms with Gasteiger partial charge in [0.25, 0.3) is 11.8 Å². The number of imidazole rings is 1. The fraction of sp³-hybridized carbons (Fsp3) is 0.592. The molecule has 1 saturated heterocycles. The summed E-state index contributed by atoms with van der Waals surface area (Å²) in [6.45, 7) is 4.77. The van der Waals surface area contributed by atoms with Gasteiger partial charge >= 0.3 is 0 Å². The maximum Gasteiger partial charge on any atom is 0.271 e. The summed E-state index contributed by atoms with van der Waals surface area (Å²) in [7, 11) is 1.44. The van der Waals surface area contributed by atoms with Crippen LogP contribution in [0.4, 0.5) is 5.82 Å². The number of H-pyrrole nitrogens is 1. The standard InChI is InChI=1S/C49H74N16O15S3.HI/c1-20-32(62-42(65-40(20)52)25(13-30(51)68)57-14-24(50)41(53)72)46(76)64-34(38(26-15-54-19-58-26)80-49-39(78-5)37(71)36(70)29(16-66)79-49)47(77)59-22(3)35(69)21(2)43(73)63-33(23(4)67)45(75)56-11-9-31-60-28(18-81-31)48-61-27(17-82-48)44(74)55-10-8-12-83(6)7;/h15,17-19,21-25,29,33-39,49,57,66-67,69-71H,8-14,16,50H2,1-7H3,(H11-,51,52,53,54,55,56,58,59,62,63,64,65,68,72,73,74,75,76,77);1H/t21-,22+,23+,24-,25-,29-,33-,34-,35-,36+,37-,38-,39-,49-;/m0./s1. The number of aliphatic hydroxyl groups excluding tert-OH is 5. The first-order chi connectivity index (χ1) is 39.3. The monoisotopic (exact) mass is 1350 g/mol. The van der Waals surface area contributed by atoms with Gasteiger partial charge in [0.2, 0.25) is 29.5 Å². The van der Waals surface area contributed by atoms with E-state index >= 15 is 0 Å².